The number of benzene rings is 1. The van der Waals surface area contributed by atoms with Crippen LogP contribution in [0.1, 0.15) is 44.6 Å². The minimum atomic E-state index is 0.0377. The number of morpholine rings is 1. The Labute approximate surface area is 126 Å². The first-order valence-electron chi connectivity index (χ1n) is 8.04. The molecule has 2 unspecified atom stereocenters. The van der Waals surface area contributed by atoms with Crippen molar-refractivity contribution in [3.05, 3.63) is 35.6 Å². The highest BCUT2D eigenvalue weighted by Gasteiger charge is 2.27. The Morgan fingerprint density at radius 2 is 2.10 bits per heavy atom. The van der Waals surface area contributed by atoms with Gasteiger partial charge in [-0.1, -0.05) is 39.0 Å². The van der Waals surface area contributed by atoms with Crippen LogP contribution in [0.2, 0.25) is 0 Å². The lowest BCUT2D eigenvalue weighted by atomic mass is 10.0. The van der Waals surface area contributed by atoms with Crippen molar-refractivity contribution in [1.29, 1.82) is 0 Å². The summed E-state index contributed by atoms with van der Waals surface area (Å²) >= 11 is 0. The fraction of sp³-hybridized carbons (Fsp3) is 0.556. The standard InChI is InChI=1S/C18H25NO2/c1-4-14-15-7-5-6-8-16(15)21-18(14)17-10-19-13(11-20-17)9-12(2)3/h5-8,12-13,17,19H,4,9-11H2,1-3H3. The number of ether oxygens (including phenoxy) is 1. The van der Waals surface area contributed by atoms with Gasteiger partial charge in [0.2, 0.25) is 0 Å². The predicted octanol–water partition coefficient (Wildman–Crippen LogP) is 4.07. The minimum Gasteiger partial charge on any atom is -0.458 e. The average molecular weight is 287 g/mol. The molecular formula is C18H25NO2. The zero-order valence-electron chi connectivity index (χ0n) is 13.2. The van der Waals surface area contributed by atoms with E-state index in [1.54, 1.807) is 0 Å². The Kier molecular flexibility index (Phi) is 4.32. The van der Waals surface area contributed by atoms with Crippen molar-refractivity contribution >= 4 is 11.0 Å². The second-order valence-electron chi connectivity index (χ2n) is 6.35. The minimum absolute atomic E-state index is 0.0377. The highest BCUT2D eigenvalue weighted by Crippen LogP contribution is 2.33. The van der Waals surface area contributed by atoms with Crippen molar-refractivity contribution in [3.63, 3.8) is 0 Å². The van der Waals surface area contributed by atoms with Crippen molar-refractivity contribution in [3.8, 4) is 0 Å². The number of rotatable bonds is 4. The van der Waals surface area contributed by atoms with Crippen molar-refractivity contribution in [2.45, 2.75) is 45.8 Å². The lowest BCUT2D eigenvalue weighted by Gasteiger charge is -2.30. The van der Waals surface area contributed by atoms with Crippen molar-refractivity contribution < 1.29 is 9.15 Å². The van der Waals surface area contributed by atoms with Gasteiger partial charge in [0, 0.05) is 23.5 Å². The topological polar surface area (TPSA) is 34.4 Å². The van der Waals surface area contributed by atoms with E-state index in [1.807, 2.05) is 12.1 Å². The van der Waals surface area contributed by atoms with E-state index >= 15 is 0 Å². The molecule has 3 rings (SSSR count). The molecule has 0 saturated carbocycles. The maximum atomic E-state index is 6.09. The molecule has 21 heavy (non-hydrogen) atoms. The summed E-state index contributed by atoms with van der Waals surface area (Å²) in [6.07, 6.45) is 2.17. The molecule has 1 aromatic heterocycles. The third-order valence-corrected chi connectivity index (χ3v) is 4.22. The van der Waals surface area contributed by atoms with E-state index < -0.39 is 0 Å². The number of hydrogen-bond acceptors (Lipinski definition) is 3. The van der Waals surface area contributed by atoms with Crippen LogP contribution in [0.4, 0.5) is 0 Å². The summed E-state index contributed by atoms with van der Waals surface area (Å²) in [4.78, 5) is 0. The average Bonchev–Trinajstić information content (AvgIpc) is 2.86. The van der Waals surface area contributed by atoms with Crippen LogP contribution < -0.4 is 5.32 Å². The van der Waals surface area contributed by atoms with Crippen LogP contribution in [0, 0.1) is 5.92 Å². The fourth-order valence-electron chi connectivity index (χ4n) is 3.26. The zero-order chi connectivity index (χ0) is 14.8. The van der Waals surface area contributed by atoms with E-state index in [4.69, 9.17) is 9.15 Å². The molecule has 1 aliphatic rings. The second-order valence-corrected chi connectivity index (χ2v) is 6.35. The Morgan fingerprint density at radius 1 is 1.29 bits per heavy atom. The summed E-state index contributed by atoms with van der Waals surface area (Å²) in [6.45, 7) is 8.29. The Bertz CT molecular complexity index is 594. The van der Waals surface area contributed by atoms with Crippen molar-refractivity contribution in [2.75, 3.05) is 13.2 Å². The highest BCUT2D eigenvalue weighted by molar-refractivity contribution is 5.82. The normalized spacial score (nSPS) is 23.0. The number of aryl methyl sites for hydroxylation is 1. The number of furan rings is 1. The third kappa shape index (κ3) is 2.99. The molecule has 1 saturated heterocycles. The second kappa shape index (κ2) is 6.20. The van der Waals surface area contributed by atoms with E-state index in [0.29, 0.717) is 12.0 Å². The summed E-state index contributed by atoms with van der Waals surface area (Å²) in [7, 11) is 0. The quantitative estimate of drug-likeness (QED) is 0.920. The van der Waals surface area contributed by atoms with Crippen molar-refractivity contribution in [2.24, 2.45) is 5.92 Å². The molecule has 1 aliphatic heterocycles. The molecule has 0 spiro atoms. The van der Waals surface area contributed by atoms with E-state index in [0.717, 1.165) is 37.3 Å². The van der Waals surface area contributed by atoms with Gasteiger partial charge in [-0.15, -0.1) is 0 Å². The molecule has 0 amide bonds. The molecule has 2 heterocycles. The van der Waals surface area contributed by atoms with Gasteiger partial charge in [0.25, 0.3) is 0 Å². The Morgan fingerprint density at radius 3 is 2.76 bits per heavy atom. The molecule has 1 N–H and O–H groups in total. The van der Waals surface area contributed by atoms with Crippen LogP contribution >= 0.6 is 0 Å². The first-order valence-corrected chi connectivity index (χ1v) is 8.04. The molecular weight excluding hydrogens is 262 g/mol. The summed E-state index contributed by atoms with van der Waals surface area (Å²) in [6, 6.07) is 8.73. The van der Waals surface area contributed by atoms with Crippen LogP contribution in [0.15, 0.2) is 28.7 Å². The fourth-order valence-corrected chi connectivity index (χ4v) is 3.26. The maximum absolute atomic E-state index is 6.09. The largest absolute Gasteiger partial charge is 0.458 e. The summed E-state index contributed by atoms with van der Waals surface area (Å²) in [5.41, 5.74) is 2.26. The van der Waals surface area contributed by atoms with Gasteiger partial charge in [-0.25, -0.2) is 0 Å². The van der Waals surface area contributed by atoms with Gasteiger partial charge in [-0.3, -0.25) is 0 Å². The summed E-state index contributed by atoms with van der Waals surface area (Å²) < 4.78 is 12.2. The number of fused-ring (bicyclic) bond motifs is 1. The molecule has 1 fully saturated rings. The molecule has 114 valence electrons. The molecule has 1 aromatic carbocycles. The smallest absolute Gasteiger partial charge is 0.138 e. The van der Waals surface area contributed by atoms with Crippen LogP contribution in [0.5, 0.6) is 0 Å². The van der Waals surface area contributed by atoms with Gasteiger partial charge < -0.3 is 14.5 Å². The molecule has 0 aliphatic carbocycles. The van der Waals surface area contributed by atoms with Gasteiger partial charge >= 0.3 is 0 Å². The lowest BCUT2D eigenvalue weighted by Crippen LogP contribution is -2.43. The molecule has 0 bridgehead atoms. The molecule has 3 nitrogen and oxygen atoms in total. The zero-order valence-corrected chi connectivity index (χ0v) is 13.2. The Hall–Kier alpha value is -1.32. The van der Waals surface area contributed by atoms with E-state index in [9.17, 15) is 0 Å². The molecule has 0 radical (unpaired) electrons. The predicted molar refractivity (Wildman–Crippen MR) is 85.5 cm³/mol. The van der Waals surface area contributed by atoms with E-state index in [-0.39, 0.29) is 6.10 Å². The molecule has 3 heteroatoms. The molecule has 2 aromatic rings. The van der Waals surface area contributed by atoms with Crippen LogP contribution in [0.25, 0.3) is 11.0 Å². The van der Waals surface area contributed by atoms with Gasteiger partial charge in [0.1, 0.15) is 17.4 Å². The van der Waals surface area contributed by atoms with E-state index in [2.05, 4.69) is 38.2 Å². The van der Waals surface area contributed by atoms with E-state index in [1.165, 1.54) is 10.9 Å². The number of para-hydroxylation sites is 1. The summed E-state index contributed by atoms with van der Waals surface area (Å²) in [5, 5.41) is 4.83. The number of nitrogens with one attached hydrogen (secondary N) is 1. The highest BCUT2D eigenvalue weighted by atomic mass is 16.5. The van der Waals surface area contributed by atoms with Crippen LogP contribution in [-0.2, 0) is 11.2 Å². The van der Waals surface area contributed by atoms with Gasteiger partial charge in [-0.2, -0.15) is 0 Å². The lowest BCUT2D eigenvalue weighted by molar-refractivity contribution is -0.0123. The first-order chi connectivity index (χ1) is 10.2. The third-order valence-electron chi connectivity index (χ3n) is 4.22. The SMILES string of the molecule is CCc1c(C2CNC(CC(C)C)CO2)oc2ccccc12. The first kappa shape index (κ1) is 14.6. The number of hydrogen-bond donors (Lipinski definition) is 1. The van der Waals surface area contributed by atoms with Crippen LogP contribution in [-0.4, -0.2) is 19.2 Å². The van der Waals surface area contributed by atoms with Gasteiger partial charge in [-0.05, 0) is 24.8 Å². The van der Waals surface area contributed by atoms with Gasteiger partial charge in [0.05, 0.1) is 6.61 Å². The Balaban J connectivity index is 1.79. The van der Waals surface area contributed by atoms with Crippen molar-refractivity contribution in [1.82, 2.24) is 5.32 Å². The molecule has 2 atom stereocenters. The van der Waals surface area contributed by atoms with Gasteiger partial charge in [0.15, 0.2) is 0 Å². The van der Waals surface area contributed by atoms with Crippen LogP contribution in [0.3, 0.4) is 0 Å². The maximum Gasteiger partial charge on any atom is 0.138 e. The summed E-state index contributed by atoms with van der Waals surface area (Å²) in [5.74, 6) is 1.70. The monoisotopic (exact) mass is 287 g/mol.